The van der Waals surface area contributed by atoms with Crippen LogP contribution in [0, 0.1) is 29.1 Å². The highest BCUT2D eigenvalue weighted by Crippen LogP contribution is 2.38. The number of carbonyl (C=O) groups is 1. The molecule has 2 aromatic rings. The van der Waals surface area contributed by atoms with Gasteiger partial charge >= 0.3 is 0 Å². The van der Waals surface area contributed by atoms with Crippen molar-refractivity contribution in [2.45, 2.75) is 27.2 Å². The zero-order chi connectivity index (χ0) is 21.1. The van der Waals surface area contributed by atoms with Crippen molar-refractivity contribution in [1.82, 2.24) is 9.97 Å². The van der Waals surface area contributed by atoms with Crippen LogP contribution >= 0.6 is 0 Å². The SMILES string of the molecule is C=N/C=C\C(=C(/C)c1cc2cc(NC(=O)[C@@H]3C[C@H]3C#N)ncc2c(N)n1)C(C)C. The van der Waals surface area contributed by atoms with Gasteiger partial charge in [0.2, 0.25) is 5.91 Å². The van der Waals surface area contributed by atoms with Crippen LogP contribution in [0.4, 0.5) is 11.6 Å². The first-order valence-electron chi connectivity index (χ1n) is 9.46. The maximum absolute atomic E-state index is 12.2. The first-order valence-corrected chi connectivity index (χ1v) is 9.46. The summed E-state index contributed by atoms with van der Waals surface area (Å²) in [7, 11) is 0. The summed E-state index contributed by atoms with van der Waals surface area (Å²) in [5, 5.41) is 13.2. The maximum Gasteiger partial charge on any atom is 0.230 e. The third kappa shape index (κ3) is 4.32. The largest absolute Gasteiger partial charge is 0.383 e. The molecule has 0 unspecified atom stereocenters. The van der Waals surface area contributed by atoms with E-state index in [0.29, 0.717) is 18.1 Å². The number of anilines is 2. The fourth-order valence-corrected chi connectivity index (χ4v) is 3.31. The van der Waals surface area contributed by atoms with Crippen LogP contribution in [0.1, 0.15) is 32.9 Å². The number of pyridine rings is 2. The average Bonchev–Trinajstić information content (AvgIpc) is 3.47. The van der Waals surface area contributed by atoms with Crippen molar-refractivity contribution in [3.8, 4) is 6.07 Å². The van der Waals surface area contributed by atoms with Gasteiger partial charge in [-0.2, -0.15) is 5.26 Å². The highest BCUT2D eigenvalue weighted by atomic mass is 16.2. The van der Waals surface area contributed by atoms with Gasteiger partial charge in [-0.05, 0) is 60.7 Å². The minimum Gasteiger partial charge on any atom is -0.383 e. The molecule has 7 nitrogen and oxygen atoms in total. The van der Waals surface area contributed by atoms with Crippen molar-refractivity contribution in [1.29, 1.82) is 5.26 Å². The second kappa shape index (κ2) is 8.23. The van der Waals surface area contributed by atoms with Crippen molar-refractivity contribution in [2.24, 2.45) is 22.7 Å². The van der Waals surface area contributed by atoms with E-state index >= 15 is 0 Å². The summed E-state index contributed by atoms with van der Waals surface area (Å²) >= 11 is 0. The average molecular weight is 388 g/mol. The summed E-state index contributed by atoms with van der Waals surface area (Å²) in [6, 6.07) is 5.83. The summed E-state index contributed by atoms with van der Waals surface area (Å²) in [6.45, 7) is 9.68. The quantitative estimate of drug-likeness (QED) is 0.574. The molecule has 7 heteroatoms. The van der Waals surface area contributed by atoms with E-state index in [4.69, 9.17) is 11.0 Å². The van der Waals surface area contributed by atoms with E-state index in [-0.39, 0.29) is 23.7 Å². The zero-order valence-electron chi connectivity index (χ0n) is 16.8. The molecule has 0 radical (unpaired) electrons. The van der Waals surface area contributed by atoms with Gasteiger partial charge in [0.05, 0.1) is 23.6 Å². The molecule has 3 N–H and O–H groups in total. The highest BCUT2D eigenvalue weighted by Gasteiger charge is 2.43. The van der Waals surface area contributed by atoms with Gasteiger partial charge in [0, 0.05) is 17.8 Å². The van der Waals surface area contributed by atoms with Crippen molar-refractivity contribution >= 4 is 40.6 Å². The molecule has 29 heavy (non-hydrogen) atoms. The Labute approximate surface area is 170 Å². The number of allylic oxidation sites excluding steroid dienone is 3. The van der Waals surface area contributed by atoms with Crippen LogP contribution in [0.3, 0.4) is 0 Å². The second-order valence-electron chi connectivity index (χ2n) is 7.48. The second-order valence-corrected chi connectivity index (χ2v) is 7.48. The van der Waals surface area contributed by atoms with E-state index in [2.05, 4.69) is 46.9 Å². The molecule has 0 aromatic carbocycles. The van der Waals surface area contributed by atoms with Gasteiger partial charge in [-0.25, -0.2) is 9.97 Å². The summed E-state index contributed by atoms with van der Waals surface area (Å²) in [4.78, 5) is 24.8. The number of fused-ring (bicyclic) bond motifs is 1. The number of nitriles is 1. The lowest BCUT2D eigenvalue weighted by atomic mass is 9.95. The molecular formula is C22H24N6O. The maximum atomic E-state index is 12.2. The number of rotatable bonds is 6. The molecule has 1 aliphatic carbocycles. The highest BCUT2D eigenvalue weighted by molar-refractivity contribution is 5.98. The van der Waals surface area contributed by atoms with Crippen molar-refractivity contribution in [3.63, 3.8) is 0 Å². The monoisotopic (exact) mass is 388 g/mol. The molecule has 148 valence electrons. The van der Waals surface area contributed by atoms with Gasteiger partial charge in [0.15, 0.2) is 0 Å². The van der Waals surface area contributed by atoms with E-state index in [0.717, 1.165) is 27.6 Å². The predicted molar refractivity (Wildman–Crippen MR) is 116 cm³/mol. The van der Waals surface area contributed by atoms with Gasteiger partial charge in [0.1, 0.15) is 11.6 Å². The molecule has 1 amide bonds. The number of nitrogens with two attached hydrogens (primary N) is 1. The number of amides is 1. The Morgan fingerprint density at radius 3 is 2.86 bits per heavy atom. The van der Waals surface area contributed by atoms with E-state index in [1.54, 1.807) is 18.5 Å². The molecule has 1 aliphatic rings. The molecule has 2 aromatic heterocycles. The summed E-state index contributed by atoms with van der Waals surface area (Å²) < 4.78 is 0. The Bertz CT molecular complexity index is 1080. The molecule has 2 heterocycles. The fraction of sp³-hybridized carbons (Fsp3) is 0.318. The number of aliphatic imine (C=N–C) groups is 1. The number of hydrogen-bond acceptors (Lipinski definition) is 6. The molecule has 1 fully saturated rings. The van der Waals surface area contributed by atoms with E-state index in [1.165, 1.54) is 0 Å². The zero-order valence-corrected chi connectivity index (χ0v) is 16.8. The first-order chi connectivity index (χ1) is 13.8. The molecule has 1 saturated carbocycles. The lowest BCUT2D eigenvalue weighted by molar-refractivity contribution is -0.117. The van der Waals surface area contributed by atoms with Crippen LogP contribution in [0.15, 0.2) is 41.2 Å². The molecular weight excluding hydrogens is 364 g/mol. The van der Waals surface area contributed by atoms with Crippen LogP contribution in [0.2, 0.25) is 0 Å². The minimum atomic E-state index is -0.250. The smallest absolute Gasteiger partial charge is 0.230 e. The lowest BCUT2D eigenvalue weighted by Gasteiger charge is -2.14. The molecule has 0 aliphatic heterocycles. The number of aromatic nitrogens is 2. The van der Waals surface area contributed by atoms with E-state index in [9.17, 15) is 4.79 Å². The Morgan fingerprint density at radius 2 is 2.24 bits per heavy atom. The minimum absolute atomic E-state index is 0.175. The normalized spacial score (nSPS) is 19.1. The molecule has 2 atom stereocenters. The standard InChI is InChI=1S/C22H24N6O/c1-12(2)16(5-6-25-4)13(3)19-8-14-9-20(26-11-18(14)21(24)27-19)28-22(29)17-7-15(17)10-23/h5-6,8-9,11-12,15,17H,4,7H2,1-3H3,(H2,24,27)(H,26,28,29)/b6-5-,16-13-/t15-,17+/m0/s1. The van der Waals surface area contributed by atoms with Crippen molar-refractivity contribution in [2.75, 3.05) is 11.1 Å². The summed E-state index contributed by atoms with van der Waals surface area (Å²) in [5.74, 6) is 0.463. The van der Waals surface area contributed by atoms with Gasteiger partial charge in [-0.3, -0.25) is 9.79 Å². The van der Waals surface area contributed by atoms with E-state index in [1.807, 2.05) is 19.1 Å². The van der Waals surface area contributed by atoms with Crippen molar-refractivity contribution < 1.29 is 4.79 Å². The van der Waals surface area contributed by atoms with Crippen LogP contribution in [0.5, 0.6) is 0 Å². The Morgan fingerprint density at radius 1 is 1.48 bits per heavy atom. The van der Waals surface area contributed by atoms with Gasteiger partial charge in [0.25, 0.3) is 0 Å². The lowest BCUT2D eigenvalue weighted by Crippen LogP contribution is -2.15. The molecule has 0 saturated heterocycles. The van der Waals surface area contributed by atoms with Gasteiger partial charge in [-0.15, -0.1) is 0 Å². The molecule has 0 bridgehead atoms. The topological polar surface area (TPSA) is 117 Å². The first kappa shape index (κ1) is 20.2. The fourth-order valence-electron chi connectivity index (χ4n) is 3.31. The number of nitrogen functional groups attached to an aromatic ring is 1. The Hall–Kier alpha value is -3.53. The van der Waals surface area contributed by atoms with Crippen LogP contribution < -0.4 is 11.1 Å². The van der Waals surface area contributed by atoms with Crippen molar-refractivity contribution in [3.05, 3.63) is 41.9 Å². The van der Waals surface area contributed by atoms with Crippen LogP contribution in [-0.2, 0) is 4.79 Å². The Kier molecular flexibility index (Phi) is 5.74. The number of carbonyl (C=O) groups excluding carboxylic acids is 1. The third-order valence-corrected chi connectivity index (χ3v) is 5.09. The van der Waals surface area contributed by atoms with Gasteiger partial charge < -0.3 is 11.1 Å². The Balaban J connectivity index is 1.98. The number of nitrogens with one attached hydrogen (secondary N) is 1. The third-order valence-electron chi connectivity index (χ3n) is 5.09. The summed E-state index contributed by atoms with van der Waals surface area (Å²) in [6.07, 6.45) is 5.79. The van der Waals surface area contributed by atoms with E-state index < -0.39 is 0 Å². The summed E-state index contributed by atoms with van der Waals surface area (Å²) in [5.41, 5.74) is 9.00. The number of hydrogen-bond donors (Lipinski definition) is 2. The predicted octanol–water partition coefficient (Wildman–Crippen LogP) is 3.95. The van der Waals surface area contributed by atoms with Crippen LogP contribution in [-0.4, -0.2) is 22.6 Å². The number of nitrogens with zero attached hydrogens (tertiary/aromatic N) is 4. The molecule has 0 spiro atoms. The van der Waals surface area contributed by atoms with Crippen LogP contribution in [0.25, 0.3) is 16.3 Å². The van der Waals surface area contributed by atoms with Gasteiger partial charge in [-0.1, -0.05) is 13.8 Å². The molecule has 3 rings (SSSR count).